The van der Waals surface area contributed by atoms with Crippen LogP contribution in [0.15, 0.2) is 28.8 Å². The molecule has 1 fully saturated rings. The Kier molecular flexibility index (Phi) is 4.24. The van der Waals surface area contributed by atoms with Crippen molar-refractivity contribution in [2.45, 2.75) is 25.9 Å². The van der Waals surface area contributed by atoms with Crippen LogP contribution in [0.2, 0.25) is 5.02 Å². The number of aliphatic hydroxyl groups excluding tert-OH is 1. The number of aromatic nitrogens is 2. The zero-order valence-corrected chi connectivity index (χ0v) is 12.6. The third kappa shape index (κ3) is 3.10. The van der Waals surface area contributed by atoms with Crippen molar-refractivity contribution in [2.75, 3.05) is 13.2 Å². The first-order chi connectivity index (χ1) is 10.2. The van der Waals surface area contributed by atoms with Gasteiger partial charge in [-0.2, -0.15) is 4.98 Å². The van der Waals surface area contributed by atoms with E-state index in [1.54, 1.807) is 12.1 Å². The molecule has 2 heterocycles. The third-order valence-corrected chi connectivity index (χ3v) is 4.35. The highest BCUT2D eigenvalue weighted by atomic mass is 35.5. The second-order valence-corrected chi connectivity index (χ2v) is 5.94. The summed E-state index contributed by atoms with van der Waals surface area (Å²) in [7, 11) is 0. The normalized spacial score (nSPS) is 22.8. The first-order valence-corrected chi connectivity index (χ1v) is 7.48. The lowest BCUT2D eigenvalue weighted by Gasteiger charge is -2.23. The Labute approximate surface area is 128 Å². The summed E-state index contributed by atoms with van der Waals surface area (Å²) in [5, 5.41) is 14.2. The maximum absolute atomic E-state index is 9.47. The van der Waals surface area contributed by atoms with E-state index in [4.69, 9.17) is 16.1 Å². The van der Waals surface area contributed by atoms with Gasteiger partial charge in [0.2, 0.25) is 11.7 Å². The third-order valence-electron chi connectivity index (χ3n) is 4.09. The quantitative estimate of drug-likeness (QED) is 0.940. The van der Waals surface area contributed by atoms with Crippen molar-refractivity contribution >= 4 is 11.6 Å². The van der Waals surface area contributed by atoms with Gasteiger partial charge in [0, 0.05) is 16.6 Å². The van der Waals surface area contributed by atoms with Gasteiger partial charge in [0.05, 0.1) is 13.2 Å². The van der Waals surface area contributed by atoms with Gasteiger partial charge in [-0.1, -0.05) is 23.7 Å². The van der Waals surface area contributed by atoms with Crippen molar-refractivity contribution in [3.8, 4) is 11.4 Å². The molecule has 1 aromatic heterocycles. The predicted octanol–water partition coefficient (Wildman–Crippen LogP) is 2.59. The summed E-state index contributed by atoms with van der Waals surface area (Å²) in [6, 6.07) is 7.51. The van der Waals surface area contributed by atoms with Crippen molar-refractivity contribution in [1.29, 1.82) is 0 Å². The highest BCUT2D eigenvalue weighted by molar-refractivity contribution is 6.30. The van der Waals surface area contributed by atoms with Crippen LogP contribution in [0.4, 0.5) is 0 Å². The number of likely N-dealkylation sites (tertiary alicyclic amines) is 1. The minimum atomic E-state index is 0.166. The van der Waals surface area contributed by atoms with Crippen molar-refractivity contribution in [3.05, 3.63) is 35.2 Å². The zero-order valence-electron chi connectivity index (χ0n) is 11.9. The van der Waals surface area contributed by atoms with E-state index >= 15 is 0 Å². The SMILES string of the molecule is CC1CCN(Cc2nc(-c3ccc(Cl)cc3)no2)C1CO. The average Bonchev–Trinajstić information content (AvgIpc) is 3.07. The van der Waals surface area contributed by atoms with Gasteiger partial charge in [-0.25, -0.2) is 0 Å². The number of nitrogens with zero attached hydrogens (tertiary/aromatic N) is 3. The molecule has 1 aliphatic heterocycles. The summed E-state index contributed by atoms with van der Waals surface area (Å²) in [5.41, 5.74) is 0.878. The summed E-state index contributed by atoms with van der Waals surface area (Å²) in [4.78, 5) is 6.62. The molecule has 1 aliphatic rings. The number of halogens is 1. The maximum Gasteiger partial charge on any atom is 0.241 e. The van der Waals surface area contributed by atoms with Crippen LogP contribution in [-0.4, -0.2) is 39.3 Å². The molecule has 0 radical (unpaired) electrons. The van der Waals surface area contributed by atoms with Crippen molar-refractivity contribution in [2.24, 2.45) is 5.92 Å². The molecule has 2 aromatic rings. The molecule has 1 aromatic carbocycles. The van der Waals surface area contributed by atoms with Gasteiger partial charge < -0.3 is 9.63 Å². The number of aliphatic hydroxyl groups is 1. The fraction of sp³-hybridized carbons (Fsp3) is 0.467. The lowest BCUT2D eigenvalue weighted by molar-refractivity contribution is 0.123. The molecule has 112 valence electrons. The Balaban J connectivity index is 1.72. The Hall–Kier alpha value is -1.43. The van der Waals surface area contributed by atoms with Crippen LogP contribution in [0.3, 0.4) is 0 Å². The summed E-state index contributed by atoms with van der Waals surface area (Å²) in [5.74, 6) is 1.63. The van der Waals surface area contributed by atoms with E-state index in [0.717, 1.165) is 18.5 Å². The molecular weight excluding hydrogens is 290 g/mol. The zero-order chi connectivity index (χ0) is 14.8. The predicted molar refractivity (Wildman–Crippen MR) is 79.8 cm³/mol. The second kappa shape index (κ2) is 6.13. The molecule has 6 heteroatoms. The van der Waals surface area contributed by atoms with Gasteiger partial charge in [-0.15, -0.1) is 0 Å². The Morgan fingerprint density at radius 1 is 1.38 bits per heavy atom. The highest BCUT2D eigenvalue weighted by Gasteiger charge is 2.31. The van der Waals surface area contributed by atoms with E-state index in [-0.39, 0.29) is 12.6 Å². The molecule has 5 nitrogen and oxygen atoms in total. The van der Waals surface area contributed by atoms with Crippen molar-refractivity contribution < 1.29 is 9.63 Å². The van der Waals surface area contributed by atoms with Gasteiger partial charge in [0.25, 0.3) is 0 Å². The van der Waals surface area contributed by atoms with E-state index in [1.165, 1.54) is 0 Å². The first kappa shape index (κ1) is 14.5. The van der Waals surface area contributed by atoms with Crippen LogP contribution in [0, 0.1) is 5.92 Å². The van der Waals surface area contributed by atoms with Gasteiger partial charge >= 0.3 is 0 Å². The molecule has 0 saturated carbocycles. The summed E-state index contributed by atoms with van der Waals surface area (Å²) < 4.78 is 5.32. The lowest BCUT2D eigenvalue weighted by atomic mass is 10.0. The molecule has 0 bridgehead atoms. The molecule has 2 unspecified atom stereocenters. The molecule has 0 spiro atoms. The fourth-order valence-corrected chi connectivity index (χ4v) is 2.91. The van der Waals surface area contributed by atoms with Gasteiger partial charge in [0.15, 0.2) is 0 Å². The number of benzene rings is 1. The standard InChI is InChI=1S/C15H18ClN3O2/c1-10-6-7-19(13(10)9-20)8-14-17-15(18-21-14)11-2-4-12(16)5-3-11/h2-5,10,13,20H,6-9H2,1H3. The second-order valence-electron chi connectivity index (χ2n) is 5.50. The van der Waals surface area contributed by atoms with E-state index in [2.05, 4.69) is 22.0 Å². The van der Waals surface area contributed by atoms with Crippen LogP contribution in [0.25, 0.3) is 11.4 Å². The van der Waals surface area contributed by atoms with E-state index in [1.807, 2.05) is 12.1 Å². The van der Waals surface area contributed by atoms with Crippen LogP contribution in [0.1, 0.15) is 19.2 Å². The number of hydrogen-bond acceptors (Lipinski definition) is 5. The maximum atomic E-state index is 9.47. The minimum Gasteiger partial charge on any atom is -0.395 e. The Bertz CT molecular complexity index is 599. The summed E-state index contributed by atoms with van der Waals surface area (Å²) >= 11 is 5.87. The molecule has 1 N–H and O–H groups in total. The Morgan fingerprint density at radius 3 is 2.86 bits per heavy atom. The monoisotopic (exact) mass is 307 g/mol. The molecule has 0 aliphatic carbocycles. The van der Waals surface area contributed by atoms with E-state index in [0.29, 0.717) is 29.2 Å². The molecule has 21 heavy (non-hydrogen) atoms. The molecule has 1 saturated heterocycles. The molecular formula is C15H18ClN3O2. The molecule has 0 amide bonds. The fourth-order valence-electron chi connectivity index (χ4n) is 2.79. The smallest absolute Gasteiger partial charge is 0.241 e. The van der Waals surface area contributed by atoms with Gasteiger partial charge in [-0.3, -0.25) is 4.90 Å². The Morgan fingerprint density at radius 2 is 2.14 bits per heavy atom. The van der Waals surface area contributed by atoms with Gasteiger partial charge in [-0.05, 0) is 43.1 Å². The topological polar surface area (TPSA) is 62.4 Å². The van der Waals surface area contributed by atoms with Crippen molar-refractivity contribution in [3.63, 3.8) is 0 Å². The molecule has 3 rings (SSSR count). The lowest BCUT2D eigenvalue weighted by Crippen LogP contribution is -2.34. The first-order valence-electron chi connectivity index (χ1n) is 7.11. The summed E-state index contributed by atoms with van der Waals surface area (Å²) in [6.07, 6.45) is 1.09. The minimum absolute atomic E-state index is 0.166. The highest BCUT2D eigenvalue weighted by Crippen LogP contribution is 2.25. The van der Waals surface area contributed by atoms with Crippen LogP contribution >= 0.6 is 11.6 Å². The molecule has 2 atom stereocenters. The van der Waals surface area contributed by atoms with Crippen LogP contribution in [0.5, 0.6) is 0 Å². The number of hydrogen-bond donors (Lipinski definition) is 1. The van der Waals surface area contributed by atoms with Gasteiger partial charge in [0.1, 0.15) is 0 Å². The summed E-state index contributed by atoms with van der Waals surface area (Å²) in [6.45, 7) is 3.86. The van der Waals surface area contributed by atoms with E-state index < -0.39 is 0 Å². The van der Waals surface area contributed by atoms with Crippen LogP contribution in [-0.2, 0) is 6.54 Å². The van der Waals surface area contributed by atoms with E-state index in [9.17, 15) is 5.11 Å². The van der Waals surface area contributed by atoms with Crippen molar-refractivity contribution in [1.82, 2.24) is 15.0 Å². The number of rotatable bonds is 4. The largest absolute Gasteiger partial charge is 0.395 e. The average molecular weight is 308 g/mol. The van der Waals surface area contributed by atoms with Crippen LogP contribution < -0.4 is 0 Å².